The number of amides is 2. The highest BCUT2D eigenvalue weighted by atomic mass is 16.7. The Bertz CT molecular complexity index is 1460. The van der Waals surface area contributed by atoms with Crippen LogP contribution in [0.5, 0.6) is 17.2 Å². The fourth-order valence-corrected chi connectivity index (χ4v) is 4.70. The number of aromatic nitrogens is 2. The van der Waals surface area contributed by atoms with E-state index >= 15 is 0 Å². The van der Waals surface area contributed by atoms with Crippen LogP contribution in [-0.4, -0.2) is 41.8 Å². The molecule has 6 rings (SSSR count). The van der Waals surface area contributed by atoms with Crippen LogP contribution in [0.4, 0.5) is 11.6 Å². The van der Waals surface area contributed by atoms with E-state index in [1.807, 2.05) is 53.1 Å². The zero-order valence-electron chi connectivity index (χ0n) is 19.6. The Hall–Kier alpha value is -4.53. The lowest BCUT2D eigenvalue weighted by Crippen LogP contribution is -2.33. The first kappa shape index (κ1) is 22.0. The molecule has 3 aromatic carbocycles. The average Bonchev–Trinajstić information content (AvgIpc) is 3.57. The van der Waals surface area contributed by atoms with Gasteiger partial charge in [-0.1, -0.05) is 24.3 Å². The van der Waals surface area contributed by atoms with Crippen molar-refractivity contribution in [2.75, 3.05) is 30.7 Å². The number of nitrogens with zero attached hydrogens (tertiary/aromatic N) is 3. The maximum Gasteiger partial charge on any atom is 0.253 e. The minimum Gasteiger partial charge on any atom is -0.497 e. The molecule has 2 aliphatic rings. The first-order valence-electron chi connectivity index (χ1n) is 11.7. The van der Waals surface area contributed by atoms with Gasteiger partial charge in [-0.15, -0.1) is 0 Å². The molecular formula is C27H24N4O5. The van der Waals surface area contributed by atoms with Crippen molar-refractivity contribution in [1.29, 1.82) is 0 Å². The predicted molar refractivity (Wildman–Crippen MR) is 134 cm³/mol. The number of nitrogens with one attached hydrogen (secondary N) is 1. The molecule has 0 fully saturated rings. The molecule has 0 spiro atoms. The van der Waals surface area contributed by atoms with Crippen molar-refractivity contribution < 1.29 is 23.8 Å². The highest BCUT2D eigenvalue weighted by molar-refractivity contribution is 6.05. The van der Waals surface area contributed by atoms with E-state index in [1.165, 1.54) is 0 Å². The molecule has 2 aliphatic heterocycles. The summed E-state index contributed by atoms with van der Waals surface area (Å²) in [7, 11) is 1.63. The largest absolute Gasteiger partial charge is 0.497 e. The number of carbonyl (C=O) groups is 2. The fraction of sp³-hybridized carbons (Fsp3) is 0.222. The predicted octanol–water partition coefficient (Wildman–Crippen LogP) is 3.93. The number of para-hydroxylation sites is 2. The first-order valence-corrected chi connectivity index (χ1v) is 11.7. The number of carbonyl (C=O) groups excluding carboxylic acids is 2. The number of rotatable bonds is 7. The summed E-state index contributed by atoms with van der Waals surface area (Å²) in [5.74, 6) is 2.16. The van der Waals surface area contributed by atoms with Gasteiger partial charge in [0.25, 0.3) is 5.91 Å². The standard InChI is InChI=1S/C27H24N4O5/c1-34-19-9-6-17(7-10-19)12-13-30-26(33)22(31-21-5-3-2-4-20(21)29-27(30)31)15-25(32)28-18-8-11-23-24(14-18)36-16-35-23/h2-11,14,22H,12-13,15-16H2,1H3,(H,28,32)/t22-/m0/s1. The maximum atomic E-state index is 13.6. The molecule has 1 N–H and O–H groups in total. The van der Waals surface area contributed by atoms with Gasteiger partial charge in [-0.25, -0.2) is 4.98 Å². The Morgan fingerprint density at radius 3 is 2.72 bits per heavy atom. The maximum absolute atomic E-state index is 13.6. The highest BCUT2D eigenvalue weighted by Gasteiger charge is 2.40. The van der Waals surface area contributed by atoms with Gasteiger partial charge in [0.05, 0.1) is 24.6 Å². The molecule has 0 saturated heterocycles. The van der Waals surface area contributed by atoms with Crippen molar-refractivity contribution in [3.63, 3.8) is 0 Å². The summed E-state index contributed by atoms with van der Waals surface area (Å²) < 4.78 is 17.8. The van der Waals surface area contributed by atoms with Crippen molar-refractivity contribution in [3.8, 4) is 17.2 Å². The molecule has 9 heteroatoms. The zero-order valence-corrected chi connectivity index (χ0v) is 19.6. The van der Waals surface area contributed by atoms with Crippen molar-refractivity contribution in [1.82, 2.24) is 9.55 Å². The number of hydrogen-bond acceptors (Lipinski definition) is 6. The van der Waals surface area contributed by atoms with E-state index in [0.717, 1.165) is 22.3 Å². The minimum absolute atomic E-state index is 0.0142. The van der Waals surface area contributed by atoms with Crippen LogP contribution in [0.25, 0.3) is 11.0 Å². The Labute approximate surface area is 207 Å². The van der Waals surface area contributed by atoms with E-state index in [4.69, 9.17) is 19.2 Å². The van der Waals surface area contributed by atoms with Gasteiger partial charge < -0.3 is 19.5 Å². The van der Waals surface area contributed by atoms with Gasteiger partial charge in [0.1, 0.15) is 11.8 Å². The second-order valence-corrected chi connectivity index (χ2v) is 8.69. The van der Waals surface area contributed by atoms with E-state index in [-0.39, 0.29) is 25.0 Å². The highest BCUT2D eigenvalue weighted by Crippen LogP contribution is 2.37. The molecule has 4 aromatic rings. The van der Waals surface area contributed by atoms with Gasteiger partial charge in [0.2, 0.25) is 18.6 Å². The van der Waals surface area contributed by atoms with Crippen LogP contribution in [-0.2, 0) is 16.0 Å². The minimum atomic E-state index is -0.683. The quantitative estimate of drug-likeness (QED) is 0.427. The molecule has 0 saturated carbocycles. The van der Waals surface area contributed by atoms with Crippen molar-refractivity contribution in [2.45, 2.75) is 18.9 Å². The van der Waals surface area contributed by atoms with Crippen molar-refractivity contribution in [3.05, 3.63) is 72.3 Å². The molecule has 0 unspecified atom stereocenters. The van der Waals surface area contributed by atoms with Crippen LogP contribution in [0.15, 0.2) is 66.7 Å². The Morgan fingerprint density at radius 1 is 1.08 bits per heavy atom. The molecule has 3 heterocycles. The normalized spacial score (nSPS) is 15.9. The van der Waals surface area contributed by atoms with Crippen LogP contribution < -0.4 is 24.4 Å². The number of hydrogen-bond donors (Lipinski definition) is 1. The van der Waals surface area contributed by atoms with E-state index in [1.54, 1.807) is 30.2 Å². The molecule has 1 atom stereocenters. The van der Waals surface area contributed by atoms with Crippen molar-refractivity contribution in [2.24, 2.45) is 0 Å². The monoisotopic (exact) mass is 484 g/mol. The van der Waals surface area contributed by atoms with Crippen molar-refractivity contribution >= 4 is 34.5 Å². The number of ether oxygens (including phenoxy) is 3. The molecule has 1 aromatic heterocycles. The topological polar surface area (TPSA) is 94.9 Å². The Balaban J connectivity index is 1.24. The lowest BCUT2D eigenvalue weighted by Gasteiger charge is -2.16. The number of fused-ring (bicyclic) bond motifs is 4. The van der Waals surface area contributed by atoms with Gasteiger partial charge in [0.15, 0.2) is 11.5 Å². The first-order chi connectivity index (χ1) is 17.6. The smallest absolute Gasteiger partial charge is 0.253 e. The molecule has 0 aliphatic carbocycles. The van der Waals surface area contributed by atoms with Gasteiger partial charge in [-0.2, -0.15) is 0 Å². The molecule has 0 radical (unpaired) electrons. The number of imidazole rings is 1. The summed E-state index contributed by atoms with van der Waals surface area (Å²) >= 11 is 0. The SMILES string of the molecule is COc1ccc(CCN2C(=O)[C@H](CC(=O)Nc3ccc4c(c3)OCO4)n3c2nc2ccccc23)cc1. The van der Waals surface area contributed by atoms with E-state index in [9.17, 15) is 9.59 Å². The van der Waals surface area contributed by atoms with E-state index < -0.39 is 6.04 Å². The second-order valence-electron chi connectivity index (χ2n) is 8.69. The number of benzene rings is 3. The molecule has 36 heavy (non-hydrogen) atoms. The third kappa shape index (κ3) is 3.88. The summed E-state index contributed by atoms with van der Waals surface area (Å²) in [4.78, 5) is 33.0. The summed E-state index contributed by atoms with van der Waals surface area (Å²) in [6, 6.07) is 20.0. The van der Waals surface area contributed by atoms with Crippen LogP contribution in [0, 0.1) is 0 Å². The summed E-state index contributed by atoms with van der Waals surface area (Å²) in [5.41, 5.74) is 3.28. The molecule has 182 valence electrons. The van der Waals surface area contributed by atoms with E-state index in [0.29, 0.717) is 36.1 Å². The Kier molecular flexibility index (Phi) is 5.44. The van der Waals surface area contributed by atoms with Crippen LogP contribution >= 0.6 is 0 Å². The Morgan fingerprint density at radius 2 is 1.89 bits per heavy atom. The molecular weight excluding hydrogens is 460 g/mol. The zero-order chi connectivity index (χ0) is 24.6. The molecule has 2 amide bonds. The van der Waals surface area contributed by atoms with Crippen LogP contribution in [0.3, 0.4) is 0 Å². The summed E-state index contributed by atoms with van der Waals surface area (Å²) in [6.07, 6.45) is 0.634. The van der Waals surface area contributed by atoms with Gasteiger partial charge in [-0.05, 0) is 48.4 Å². The summed E-state index contributed by atoms with van der Waals surface area (Å²) in [5, 5.41) is 2.88. The molecule has 0 bridgehead atoms. The van der Waals surface area contributed by atoms with Crippen LogP contribution in [0.1, 0.15) is 18.0 Å². The summed E-state index contributed by atoms with van der Waals surface area (Å²) in [6.45, 7) is 0.612. The third-order valence-corrected chi connectivity index (χ3v) is 6.50. The fourth-order valence-electron chi connectivity index (χ4n) is 4.70. The second kappa shape index (κ2) is 8.92. The number of anilines is 2. The van der Waals surface area contributed by atoms with E-state index in [2.05, 4.69) is 5.32 Å². The third-order valence-electron chi connectivity index (χ3n) is 6.50. The van der Waals surface area contributed by atoms with Gasteiger partial charge in [-0.3, -0.25) is 19.1 Å². The lowest BCUT2D eigenvalue weighted by molar-refractivity contribution is -0.124. The number of methoxy groups -OCH3 is 1. The average molecular weight is 485 g/mol. The lowest BCUT2D eigenvalue weighted by atomic mass is 10.1. The molecule has 9 nitrogen and oxygen atoms in total. The van der Waals surface area contributed by atoms with Crippen LogP contribution in [0.2, 0.25) is 0 Å². The van der Waals surface area contributed by atoms with Gasteiger partial charge in [0, 0.05) is 18.3 Å². The van der Waals surface area contributed by atoms with Gasteiger partial charge >= 0.3 is 0 Å².